The van der Waals surface area contributed by atoms with E-state index in [9.17, 15) is 14.7 Å². The molecule has 1 fully saturated rings. The summed E-state index contributed by atoms with van der Waals surface area (Å²) in [6.07, 6.45) is 0. The van der Waals surface area contributed by atoms with Crippen LogP contribution in [-0.4, -0.2) is 71.5 Å². The lowest BCUT2D eigenvalue weighted by atomic mass is 10.1. The van der Waals surface area contributed by atoms with Gasteiger partial charge in [-0.1, -0.05) is 0 Å². The van der Waals surface area contributed by atoms with Crippen molar-refractivity contribution in [3.05, 3.63) is 29.3 Å². The highest BCUT2D eigenvalue weighted by Crippen LogP contribution is 2.19. The van der Waals surface area contributed by atoms with Gasteiger partial charge in [0.25, 0.3) is 0 Å². The predicted molar refractivity (Wildman–Crippen MR) is 73.3 cm³/mol. The van der Waals surface area contributed by atoms with E-state index < -0.39 is 5.97 Å². The van der Waals surface area contributed by atoms with Crippen LogP contribution in [0.5, 0.6) is 5.75 Å². The molecule has 108 valence electrons. The van der Waals surface area contributed by atoms with Crippen LogP contribution < -0.4 is 0 Å². The quantitative estimate of drug-likeness (QED) is 0.782. The zero-order valence-electron chi connectivity index (χ0n) is 11.4. The fourth-order valence-electron chi connectivity index (χ4n) is 2.19. The van der Waals surface area contributed by atoms with Gasteiger partial charge in [0, 0.05) is 26.2 Å². The van der Waals surface area contributed by atoms with Gasteiger partial charge in [0.15, 0.2) is 5.78 Å². The monoisotopic (exact) mass is 278 g/mol. The van der Waals surface area contributed by atoms with Crippen LogP contribution in [0.4, 0.5) is 0 Å². The van der Waals surface area contributed by atoms with Gasteiger partial charge in [0.2, 0.25) is 0 Å². The molecule has 1 saturated heterocycles. The third-order valence-corrected chi connectivity index (χ3v) is 3.51. The van der Waals surface area contributed by atoms with Crippen molar-refractivity contribution in [2.24, 2.45) is 0 Å². The maximum absolute atomic E-state index is 12.2. The van der Waals surface area contributed by atoms with Crippen molar-refractivity contribution in [2.75, 3.05) is 39.8 Å². The second kappa shape index (κ2) is 6.02. The first-order valence-corrected chi connectivity index (χ1v) is 6.48. The first-order valence-electron chi connectivity index (χ1n) is 6.48. The fraction of sp³-hybridized carbons (Fsp3) is 0.429. The number of hydrogen-bond donors (Lipinski definition) is 2. The minimum atomic E-state index is -1.11. The number of carbonyl (C=O) groups excluding carboxylic acids is 1. The molecule has 1 aromatic rings. The molecule has 0 amide bonds. The Balaban J connectivity index is 2.08. The standard InChI is InChI=1S/C14H18N2O4/c1-15-4-6-16(7-5-15)9-13(18)11-8-10(14(19)20)2-3-12(11)17/h2-3,8,17H,4-7,9H2,1H3,(H,19,20). The zero-order valence-corrected chi connectivity index (χ0v) is 11.4. The summed E-state index contributed by atoms with van der Waals surface area (Å²) in [6.45, 7) is 3.58. The van der Waals surface area contributed by atoms with Crippen LogP contribution in [0.15, 0.2) is 18.2 Å². The number of rotatable bonds is 4. The number of hydrogen-bond acceptors (Lipinski definition) is 5. The highest BCUT2D eigenvalue weighted by atomic mass is 16.4. The van der Waals surface area contributed by atoms with Crippen LogP contribution >= 0.6 is 0 Å². The van der Waals surface area contributed by atoms with E-state index in [2.05, 4.69) is 4.90 Å². The van der Waals surface area contributed by atoms with Crippen LogP contribution in [0.25, 0.3) is 0 Å². The van der Waals surface area contributed by atoms with Crippen molar-refractivity contribution in [1.29, 1.82) is 0 Å². The number of phenols is 1. The lowest BCUT2D eigenvalue weighted by molar-refractivity contribution is 0.0697. The number of aromatic carboxylic acids is 1. The summed E-state index contributed by atoms with van der Waals surface area (Å²) in [5, 5.41) is 18.6. The average Bonchev–Trinajstić information content (AvgIpc) is 2.41. The molecule has 1 aromatic carbocycles. The molecule has 2 N–H and O–H groups in total. The largest absolute Gasteiger partial charge is 0.507 e. The summed E-state index contributed by atoms with van der Waals surface area (Å²) in [6, 6.07) is 3.76. The number of piperazine rings is 1. The molecule has 6 heteroatoms. The molecule has 2 rings (SSSR count). The van der Waals surface area contributed by atoms with Crippen molar-refractivity contribution >= 4 is 11.8 Å². The van der Waals surface area contributed by atoms with E-state index in [1.807, 2.05) is 11.9 Å². The number of likely N-dealkylation sites (N-methyl/N-ethyl adjacent to an activating group) is 1. The number of ketones is 1. The van der Waals surface area contributed by atoms with Gasteiger partial charge in [-0.3, -0.25) is 9.69 Å². The molecular formula is C14H18N2O4. The number of carboxylic acids is 1. The molecule has 6 nitrogen and oxygen atoms in total. The lowest BCUT2D eigenvalue weighted by Crippen LogP contribution is -2.46. The summed E-state index contributed by atoms with van der Waals surface area (Å²) < 4.78 is 0. The smallest absolute Gasteiger partial charge is 0.335 e. The molecule has 20 heavy (non-hydrogen) atoms. The van der Waals surface area contributed by atoms with Crippen molar-refractivity contribution < 1.29 is 19.8 Å². The normalized spacial score (nSPS) is 17.1. The van der Waals surface area contributed by atoms with Crippen LogP contribution in [-0.2, 0) is 0 Å². The van der Waals surface area contributed by atoms with E-state index in [0.29, 0.717) is 0 Å². The van der Waals surface area contributed by atoms with Crippen LogP contribution in [0, 0.1) is 0 Å². The van der Waals surface area contributed by atoms with Gasteiger partial charge < -0.3 is 15.1 Å². The van der Waals surface area contributed by atoms with Gasteiger partial charge in [-0.05, 0) is 25.2 Å². The molecule has 1 aliphatic rings. The molecule has 0 unspecified atom stereocenters. The molecule has 0 radical (unpaired) electrons. The van der Waals surface area contributed by atoms with Crippen LogP contribution in [0.1, 0.15) is 20.7 Å². The zero-order chi connectivity index (χ0) is 14.7. The molecule has 0 aromatic heterocycles. The molecule has 1 heterocycles. The topological polar surface area (TPSA) is 81.1 Å². The molecule has 1 aliphatic heterocycles. The summed E-state index contributed by atoms with van der Waals surface area (Å²) in [4.78, 5) is 27.3. The molecule has 0 bridgehead atoms. The second-order valence-corrected chi connectivity index (χ2v) is 5.04. The number of phenolic OH excluding ortho intramolecular Hbond substituents is 1. The predicted octanol–water partition coefficient (Wildman–Crippen LogP) is 0.520. The van der Waals surface area contributed by atoms with E-state index in [0.717, 1.165) is 26.2 Å². The van der Waals surface area contributed by atoms with Gasteiger partial charge in [-0.25, -0.2) is 4.79 Å². The van der Waals surface area contributed by atoms with Crippen LogP contribution in [0.2, 0.25) is 0 Å². The van der Waals surface area contributed by atoms with Gasteiger partial charge in [-0.2, -0.15) is 0 Å². The highest BCUT2D eigenvalue weighted by molar-refractivity contribution is 6.02. The van der Waals surface area contributed by atoms with Gasteiger partial charge in [0.05, 0.1) is 17.7 Å². The molecule has 0 aliphatic carbocycles. The Morgan fingerprint density at radius 1 is 1.20 bits per heavy atom. The number of Topliss-reactive ketones (excluding diaryl/α,β-unsaturated/α-hetero) is 1. The van der Waals surface area contributed by atoms with Crippen molar-refractivity contribution in [1.82, 2.24) is 9.80 Å². The third-order valence-electron chi connectivity index (χ3n) is 3.51. The van der Waals surface area contributed by atoms with Gasteiger partial charge in [-0.15, -0.1) is 0 Å². The molecule has 0 saturated carbocycles. The Hall–Kier alpha value is -1.92. The SMILES string of the molecule is CN1CCN(CC(=O)c2cc(C(=O)O)ccc2O)CC1. The average molecular weight is 278 g/mol. The van der Waals surface area contributed by atoms with Crippen molar-refractivity contribution in [3.63, 3.8) is 0 Å². The number of benzene rings is 1. The summed E-state index contributed by atoms with van der Waals surface area (Å²) in [5.41, 5.74) is 0.0772. The van der Waals surface area contributed by atoms with Gasteiger partial charge in [0.1, 0.15) is 5.75 Å². The van der Waals surface area contributed by atoms with E-state index >= 15 is 0 Å². The minimum absolute atomic E-state index is 0.00419. The number of aromatic hydroxyl groups is 1. The summed E-state index contributed by atoms with van der Waals surface area (Å²) in [5.74, 6) is -1.54. The van der Waals surface area contributed by atoms with E-state index in [1.165, 1.54) is 18.2 Å². The Morgan fingerprint density at radius 3 is 2.45 bits per heavy atom. The lowest BCUT2D eigenvalue weighted by Gasteiger charge is -2.31. The number of carboxylic acid groups (broad SMARTS) is 1. The maximum Gasteiger partial charge on any atom is 0.335 e. The van der Waals surface area contributed by atoms with Gasteiger partial charge >= 0.3 is 5.97 Å². The molecule has 0 atom stereocenters. The van der Waals surface area contributed by atoms with E-state index in [-0.39, 0.29) is 29.2 Å². The Labute approximate surface area is 117 Å². The Morgan fingerprint density at radius 2 is 1.85 bits per heavy atom. The van der Waals surface area contributed by atoms with E-state index in [1.54, 1.807) is 0 Å². The van der Waals surface area contributed by atoms with Crippen molar-refractivity contribution in [2.45, 2.75) is 0 Å². The first-order chi connectivity index (χ1) is 9.47. The molecule has 0 spiro atoms. The third kappa shape index (κ3) is 3.34. The molecular weight excluding hydrogens is 260 g/mol. The first kappa shape index (κ1) is 14.5. The second-order valence-electron chi connectivity index (χ2n) is 5.04. The summed E-state index contributed by atoms with van der Waals surface area (Å²) in [7, 11) is 2.03. The number of carbonyl (C=O) groups is 2. The Bertz CT molecular complexity index is 522. The van der Waals surface area contributed by atoms with E-state index in [4.69, 9.17) is 5.11 Å². The maximum atomic E-state index is 12.2. The summed E-state index contributed by atoms with van der Waals surface area (Å²) >= 11 is 0. The number of nitrogens with zero attached hydrogens (tertiary/aromatic N) is 2. The minimum Gasteiger partial charge on any atom is -0.507 e. The van der Waals surface area contributed by atoms with Crippen LogP contribution in [0.3, 0.4) is 0 Å². The Kier molecular flexibility index (Phi) is 4.36. The van der Waals surface area contributed by atoms with Crippen molar-refractivity contribution in [3.8, 4) is 5.75 Å². The fourth-order valence-corrected chi connectivity index (χ4v) is 2.19. The highest BCUT2D eigenvalue weighted by Gasteiger charge is 2.20.